The molecule has 0 radical (unpaired) electrons. The van der Waals surface area contributed by atoms with Crippen LogP contribution >= 0.6 is 22.7 Å². The van der Waals surface area contributed by atoms with Crippen molar-refractivity contribution in [2.24, 2.45) is 0 Å². The highest BCUT2D eigenvalue weighted by Crippen LogP contribution is 2.31. The number of aryl methyl sites for hydroxylation is 2. The first-order valence-corrected chi connectivity index (χ1v) is 12.5. The Kier molecular flexibility index (Phi) is 5.82. The minimum absolute atomic E-state index is 0.0959. The number of nitrogens with one attached hydrogen (secondary N) is 2. The molecular weight excluding hydrogens is 456 g/mol. The molecule has 5 rings (SSSR count). The predicted octanol–water partition coefficient (Wildman–Crippen LogP) is 4.42. The molecule has 3 aromatic heterocycles. The van der Waals surface area contributed by atoms with E-state index in [0.29, 0.717) is 20.8 Å². The average molecular weight is 479 g/mol. The van der Waals surface area contributed by atoms with Gasteiger partial charge >= 0.3 is 0 Å². The number of rotatable bonds is 7. The van der Waals surface area contributed by atoms with Crippen LogP contribution in [0.3, 0.4) is 0 Å². The van der Waals surface area contributed by atoms with E-state index >= 15 is 0 Å². The number of hydrogen-bond acceptors (Lipinski definition) is 6. The Bertz CT molecular complexity index is 1400. The van der Waals surface area contributed by atoms with E-state index < -0.39 is 0 Å². The maximum absolute atomic E-state index is 13.2. The minimum Gasteiger partial charge on any atom is -0.349 e. The molecule has 0 spiro atoms. The van der Waals surface area contributed by atoms with Crippen LogP contribution in [-0.4, -0.2) is 27.4 Å². The van der Waals surface area contributed by atoms with Crippen LogP contribution in [0.2, 0.25) is 0 Å². The molecule has 4 aromatic rings. The van der Waals surface area contributed by atoms with E-state index in [4.69, 9.17) is 0 Å². The number of thiophene rings is 2. The van der Waals surface area contributed by atoms with E-state index in [9.17, 15) is 14.4 Å². The molecule has 0 saturated heterocycles. The van der Waals surface area contributed by atoms with Gasteiger partial charge in [0.2, 0.25) is 5.91 Å². The third kappa shape index (κ3) is 4.60. The van der Waals surface area contributed by atoms with Crippen LogP contribution in [0.25, 0.3) is 21.3 Å². The zero-order valence-corrected chi connectivity index (χ0v) is 19.6. The molecular formula is C24H22N4O3S2. The van der Waals surface area contributed by atoms with Gasteiger partial charge in [0.05, 0.1) is 17.3 Å². The van der Waals surface area contributed by atoms with Crippen LogP contribution < -0.4 is 16.2 Å². The fourth-order valence-corrected chi connectivity index (χ4v) is 5.27. The molecule has 3 heterocycles. The van der Waals surface area contributed by atoms with Crippen molar-refractivity contribution in [3.8, 4) is 11.1 Å². The fourth-order valence-electron chi connectivity index (χ4n) is 3.56. The van der Waals surface area contributed by atoms with Gasteiger partial charge in [0.1, 0.15) is 9.83 Å². The molecule has 1 fully saturated rings. The molecule has 168 valence electrons. The summed E-state index contributed by atoms with van der Waals surface area (Å²) in [5, 5.41) is 10.6. The van der Waals surface area contributed by atoms with Gasteiger partial charge in [0.15, 0.2) is 0 Å². The van der Waals surface area contributed by atoms with Gasteiger partial charge in [-0.2, -0.15) is 0 Å². The van der Waals surface area contributed by atoms with Crippen LogP contribution in [0.4, 0.5) is 5.00 Å². The summed E-state index contributed by atoms with van der Waals surface area (Å²) in [5.41, 5.74) is 3.29. The summed E-state index contributed by atoms with van der Waals surface area (Å²) in [6.07, 6.45) is 3.59. The van der Waals surface area contributed by atoms with E-state index in [-0.39, 0.29) is 36.4 Å². The molecule has 0 aliphatic heterocycles. The summed E-state index contributed by atoms with van der Waals surface area (Å²) in [6.45, 7) is 2.22. The average Bonchev–Trinajstić information content (AvgIpc) is 3.31. The summed E-state index contributed by atoms with van der Waals surface area (Å²) in [7, 11) is 0. The molecule has 9 heteroatoms. The van der Waals surface area contributed by atoms with Crippen molar-refractivity contribution in [2.45, 2.75) is 38.8 Å². The molecule has 33 heavy (non-hydrogen) atoms. The van der Waals surface area contributed by atoms with Gasteiger partial charge in [-0.15, -0.1) is 22.7 Å². The Morgan fingerprint density at radius 1 is 1.15 bits per heavy atom. The van der Waals surface area contributed by atoms with E-state index in [1.54, 1.807) is 11.4 Å². The highest BCUT2D eigenvalue weighted by molar-refractivity contribution is 7.17. The number of carbonyl (C=O) groups is 2. The van der Waals surface area contributed by atoms with Gasteiger partial charge < -0.3 is 10.6 Å². The second-order valence-electron chi connectivity index (χ2n) is 8.15. The summed E-state index contributed by atoms with van der Waals surface area (Å²) in [4.78, 5) is 43.2. The molecule has 1 aliphatic rings. The van der Waals surface area contributed by atoms with Crippen LogP contribution in [0.5, 0.6) is 0 Å². The molecule has 2 N–H and O–H groups in total. The van der Waals surface area contributed by atoms with Crippen LogP contribution in [-0.2, 0) is 11.3 Å². The third-order valence-corrected chi connectivity index (χ3v) is 7.29. The molecule has 0 atom stereocenters. The highest BCUT2D eigenvalue weighted by Gasteiger charge is 2.25. The summed E-state index contributed by atoms with van der Waals surface area (Å²) in [5.74, 6) is -0.421. The van der Waals surface area contributed by atoms with E-state index in [2.05, 4.69) is 15.6 Å². The second kappa shape index (κ2) is 8.92. The first kappa shape index (κ1) is 21.5. The number of anilines is 1. The second-order valence-corrected chi connectivity index (χ2v) is 9.92. The first-order valence-electron chi connectivity index (χ1n) is 10.7. The Hall–Kier alpha value is -3.30. The van der Waals surface area contributed by atoms with Crippen molar-refractivity contribution >= 4 is 49.7 Å². The summed E-state index contributed by atoms with van der Waals surface area (Å²) >= 11 is 2.75. The number of amides is 2. The minimum atomic E-state index is -0.256. The van der Waals surface area contributed by atoms with Gasteiger partial charge in [-0.3, -0.25) is 19.0 Å². The number of carbonyl (C=O) groups excluding carboxylic acids is 2. The smallest absolute Gasteiger partial charge is 0.262 e. The summed E-state index contributed by atoms with van der Waals surface area (Å²) in [6, 6.07) is 9.99. The molecule has 7 nitrogen and oxygen atoms in total. The lowest BCUT2D eigenvalue weighted by atomic mass is 10.1. The number of aromatic nitrogens is 2. The van der Waals surface area contributed by atoms with E-state index in [1.165, 1.54) is 33.6 Å². The molecule has 1 saturated carbocycles. The molecule has 0 bridgehead atoms. The lowest BCUT2D eigenvalue weighted by Gasteiger charge is -2.08. The monoisotopic (exact) mass is 478 g/mol. The van der Waals surface area contributed by atoms with Gasteiger partial charge in [-0.05, 0) is 36.8 Å². The predicted molar refractivity (Wildman–Crippen MR) is 132 cm³/mol. The maximum Gasteiger partial charge on any atom is 0.262 e. The quantitative estimate of drug-likeness (QED) is 0.411. The van der Waals surface area contributed by atoms with Gasteiger partial charge in [-0.25, -0.2) is 4.98 Å². The third-order valence-electron chi connectivity index (χ3n) is 5.58. The molecule has 1 aromatic carbocycles. The largest absolute Gasteiger partial charge is 0.349 e. The zero-order valence-electron chi connectivity index (χ0n) is 18.0. The highest BCUT2D eigenvalue weighted by atomic mass is 32.1. The van der Waals surface area contributed by atoms with E-state index in [0.717, 1.165) is 29.5 Å². The number of benzene rings is 1. The Labute approximate surface area is 198 Å². The van der Waals surface area contributed by atoms with Crippen molar-refractivity contribution in [3.63, 3.8) is 0 Å². The van der Waals surface area contributed by atoms with Crippen molar-refractivity contribution in [2.75, 3.05) is 5.32 Å². The molecule has 2 amide bonds. The van der Waals surface area contributed by atoms with Crippen LogP contribution in [0.15, 0.2) is 52.2 Å². The maximum atomic E-state index is 13.2. The Balaban J connectivity index is 1.30. The van der Waals surface area contributed by atoms with Crippen molar-refractivity contribution in [3.05, 3.63) is 68.9 Å². The number of nitrogens with zero attached hydrogens (tertiary/aromatic N) is 2. The Morgan fingerprint density at radius 3 is 2.70 bits per heavy atom. The standard InChI is InChI=1S/C24H22N4O3S2/c1-14-2-4-15(5-3-14)18-12-33-23-20(18)24(31)28(13-25-23)10-8-19(29)27-22-17(9-11-32-22)21(30)26-16-6-7-16/h2-5,9,11-13,16H,6-8,10H2,1H3,(H,26,30)(H,27,29). The molecule has 0 unspecified atom stereocenters. The van der Waals surface area contributed by atoms with Gasteiger partial charge in [0, 0.05) is 30.0 Å². The number of fused-ring (bicyclic) bond motifs is 1. The normalized spacial score (nSPS) is 13.2. The lowest BCUT2D eigenvalue weighted by Crippen LogP contribution is -2.26. The topological polar surface area (TPSA) is 93.1 Å². The zero-order chi connectivity index (χ0) is 22.9. The SMILES string of the molecule is Cc1ccc(-c2csc3ncn(CCC(=O)Nc4sccc4C(=O)NC4CC4)c(=O)c23)cc1. The van der Waals surface area contributed by atoms with Crippen molar-refractivity contribution in [1.82, 2.24) is 14.9 Å². The van der Waals surface area contributed by atoms with Crippen LogP contribution in [0.1, 0.15) is 35.2 Å². The van der Waals surface area contributed by atoms with Gasteiger partial charge in [0.25, 0.3) is 11.5 Å². The number of hydrogen-bond donors (Lipinski definition) is 2. The Morgan fingerprint density at radius 2 is 1.94 bits per heavy atom. The lowest BCUT2D eigenvalue weighted by molar-refractivity contribution is -0.116. The first-order chi connectivity index (χ1) is 16.0. The van der Waals surface area contributed by atoms with Crippen LogP contribution in [0, 0.1) is 6.92 Å². The van der Waals surface area contributed by atoms with Gasteiger partial charge in [-0.1, -0.05) is 29.8 Å². The van der Waals surface area contributed by atoms with Crippen molar-refractivity contribution < 1.29 is 9.59 Å². The fraction of sp³-hybridized carbons (Fsp3) is 0.250. The summed E-state index contributed by atoms with van der Waals surface area (Å²) < 4.78 is 1.47. The van der Waals surface area contributed by atoms with E-state index in [1.807, 2.05) is 36.6 Å². The van der Waals surface area contributed by atoms with Crippen molar-refractivity contribution in [1.29, 1.82) is 0 Å². The molecule has 1 aliphatic carbocycles.